The van der Waals surface area contributed by atoms with Gasteiger partial charge in [-0.05, 0) is 74.9 Å². The van der Waals surface area contributed by atoms with Crippen molar-refractivity contribution in [3.8, 4) is 0 Å². The van der Waals surface area contributed by atoms with Gasteiger partial charge in [-0.2, -0.15) is 0 Å². The minimum atomic E-state index is 0.342. The summed E-state index contributed by atoms with van der Waals surface area (Å²) in [6.07, 6.45) is 3.01. The number of rotatable bonds is 4. The molecule has 0 unspecified atom stereocenters. The van der Waals surface area contributed by atoms with E-state index in [0.717, 1.165) is 43.8 Å². The van der Waals surface area contributed by atoms with Crippen molar-refractivity contribution in [2.24, 2.45) is 11.8 Å². The average molecular weight is 333 g/mol. The molecule has 2 atom stereocenters. The Balaban J connectivity index is 1.44. The largest absolute Gasteiger partial charge is 0.343 e. The number of hydrogen-bond donors (Lipinski definition) is 1. The number of likely N-dealkylation sites (tertiary alicyclic amines) is 1. The van der Waals surface area contributed by atoms with Crippen molar-refractivity contribution in [2.75, 3.05) is 31.9 Å². The fraction of sp³-hybridized carbons (Fsp3) is 0.632. The van der Waals surface area contributed by atoms with E-state index in [1.807, 2.05) is 0 Å². The summed E-state index contributed by atoms with van der Waals surface area (Å²) in [5.74, 6) is 2.80. The van der Waals surface area contributed by atoms with Gasteiger partial charge in [-0.15, -0.1) is 11.8 Å². The van der Waals surface area contributed by atoms with Crippen LogP contribution in [0.1, 0.15) is 30.4 Å². The van der Waals surface area contributed by atoms with Crippen LogP contribution >= 0.6 is 11.8 Å². The predicted octanol–water partition coefficient (Wildman–Crippen LogP) is 3.24. The minimum absolute atomic E-state index is 0.342. The van der Waals surface area contributed by atoms with E-state index in [1.54, 1.807) is 11.8 Å². The molecule has 2 aliphatic heterocycles. The van der Waals surface area contributed by atoms with Gasteiger partial charge in [-0.3, -0.25) is 4.79 Å². The van der Waals surface area contributed by atoms with Gasteiger partial charge in [0, 0.05) is 30.2 Å². The van der Waals surface area contributed by atoms with Crippen LogP contribution in [0.3, 0.4) is 0 Å². The first-order chi connectivity index (χ1) is 11.1. The molecule has 126 valence electrons. The van der Waals surface area contributed by atoms with Gasteiger partial charge in [0.2, 0.25) is 5.91 Å². The van der Waals surface area contributed by atoms with Crippen LogP contribution in [-0.4, -0.2) is 42.7 Å². The molecule has 0 aromatic heterocycles. The van der Waals surface area contributed by atoms with E-state index in [0.29, 0.717) is 12.3 Å². The lowest BCUT2D eigenvalue weighted by Crippen LogP contribution is -2.32. The number of nitrogens with zero attached hydrogens (tertiary/aromatic N) is 1. The van der Waals surface area contributed by atoms with Crippen molar-refractivity contribution in [3.63, 3.8) is 0 Å². The van der Waals surface area contributed by atoms with Gasteiger partial charge < -0.3 is 10.2 Å². The van der Waals surface area contributed by atoms with Crippen molar-refractivity contribution in [3.05, 3.63) is 29.3 Å². The molecular formula is C19H28N2OS. The molecule has 0 bridgehead atoms. The molecule has 0 spiro atoms. The summed E-state index contributed by atoms with van der Waals surface area (Å²) in [5, 5.41) is 3.49. The van der Waals surface area contributed by atoms with Crippen LogP contribution in [0, 0.1) is 25.7 Å². The summed E-state index contributed by atoms with van der Waals surface area (Å²) in [6, 6.07) is 6.56. The van der Waals surface area contributed by atoms with Crippen LogP contribution < -0.4 is 5.32 Å². The molecule has 1 aromatic carbocycles. The highest BCUT2D eigenvalue weighted by atomic mass is 32.2. The molecule has 4 heteroatoms. The van der Waals surface area contributed by atoms with E-state index < -0.39 is 0 Å². The third-order valence-electron chi connectivity index (χ3n) is 5.44. The van der Waals surface area contributed by atoms with E-state index in [2.05, 4.69) is 42.3 Å². The molecular weight excluding hydrogens is 304 g/mol. The molecule has 2 fully saturated rings. The molecule has 2 aliphatic rings. The van der Waals surface area contributed by atoms with Gasteiger partial charge in [0.25, 0.3) is 0 Å². The summed E-state index contributed by atoms with van der Waals surface area (Å²) >= 11 is 1.80. The topological polar surface area (TPSA) is 32.3 Å². The lowest BCUT2D eigenvalue weighted by molar-refractivity contribution is -0.130. The van der Waals surface area contributed by atoms with Crippen molar-refractivity contribution in [2.45, 2.75) is 38.0 Å². The van der Waals surface area contributed by atoms with Gasteiger partial charge in [-0.25, -0.2) is 0 Å². The monoisotopic (exact) mass is 332 g/mol. The highest BCUT2D eigenvalue weighted by molar-refractivity contribution is 7.99. The number of thioether (sulfide) groups is 1. The van der Waals surface area contributed by atoms with Gasteiger partial charge in [0.1, 0.15) is 0 Å². The SMILES string of the molecule is Cc1ccc(SCCC(=O)N2CC[C@@H]3CNC[C@@H]3CC2)cc1C. The highest BCUT2D eigenvalue weighted by Crippen LogP contribution is 2.28. The second kappa shape index (κ2) is 7.71. The maximum absolute atomic E-state index is 12.5. The Kier molecular flexibility index (Phi) is 5.65. The van der Waals surface area contributed by atoms with Gasteiger partial charge in [0.05, 0.1) is 0 Å². The quantitative estimate of drug-likeness (QED) is 0.859. The fourth-order valence-electron chi connectivity index (χ4n) is 3.69. The van der Waals surface area contributed by atoms with Crippen LogP contribution in [0.15, 0.2) is 23.1 Å². The van der Waals surface area contributed by atoms with Crippen molar-refractivity contribution >= 4 is 17.7 Å². The predicted molar refractivity (Wildman–Crippen MR) is 96.9 cm³/mol. The number of fused-ring (bicyclic) bond motifs is 1. The Labute approximate surface area is 144 Å². The molecule has 0 radical (unpaired) electrons. The summed E-state index contributed by atoms with van der Waals surface area (Å²) < 4.78 is 0. The normalized spacial score (nSPS) is 24.3. The first-order valence-electron chi connectivity index (χ1n) is 8.82. The number of carbonyl (C=O) groups excluding carboxylic acids is 1. The number of nitrogens with one attached hydrogen (secondary N) is 1. The van der Waals surface area contributed by atoms with Gasteiger partial charge in [-0.1, -0.05) is 6.07 Å². The number of amides is 1. The highest BCUT2D eigenvalue weighted by Gasteiger charge is 2.31. The van der Waals surface area contributed by atoms with E-state index in [4.69, 9.17) is 0 Å². The Morgan fingerprint density at radius 1 is 1.17 bits per heavy atom. The summed E-state index contributed by atoms with van der Waals surface area (Å²) in [7, 11) is 0. The zero-order valence-corrected chi connectivity index (χ0v) is 15.1. The summed E-state index contributed by atoms with van der Waals surface area (Å²) in [4.78, 5) is 15.9. The summed E-state index contributed by atoms with van der Waals surface area (Å²) in [5.41, 5.74) is 2.66. The molecule has 2 saturated heterocycles. The Morgan fingerprint density at radius 2 is 1.87 bits per heavy atom. The maximum atomic E-state index is 12.5. The average Bonchev–Trinajstić information content (AvgIpc) is 2.89. The smallest absolute Gasteiger partial charge is 0.223 e. The fourth-order valence-corrected chi connectivity index (χ4v) is 4.62. The first kappa shape index (κ1) is 16.8. The summed E-state index contributed by atoms with van der Waals surface area (Å²) in [6.45, 7) is 8.49. The zero-order chi connectivity index (χ0) is 16.2. The molecule has 1 N–H and O–H groups in total. The maximum Gasteiger partial charge on any atom is 0.223 e. The third-order valence-corrected chi connectivity index (χ3v) is 6.43. The number of carbonyl (C=O) groups is 1. The number of benzene rings is 1. The van der Waals surface area contributed by atoms with Crippen molar-refractivity contribution in [1.82, 2.24) is 10.2 Å². The molecule has 3 nitrogen and oxygen atoms in total. The first-order valence-corrected chi connectivity index (χ1v) is 9.80. The van der Waals surface area contributed by atoms with Crippen LogP contribution in [0.25, 0.3) is 0 Å². The standard InChI is InChI=1S/C19H28N2OS/c1-14-3-4-18(11-15(14)2)23-10-7-19(22)21-8-5-16-12-20-13-17(16)6-9-21/h3-4,11,16-17,20H,5-10,12-13H2,1-2H3/t16-,17+. The second-order valence-electron chi connectivity index (χ2n) is 6.98. The Bertz CT molecular complexity index is 546. The van der Waals surface area contributed by atoms with E-state index in [1.165, 1.54) is 28.9 Å². The van der Waals surface area contributed by atoms with Crippen LogP contribution in [0.2, 0.25) is 0 Å². The van der Waals surface area contributed by atoms with Crippen LogP contribution in [0.5, 0.6) is 0 Å². The molecule has 3 rings (SSSR count). The molecule has 1 amide bonds. The third kappa shape index (κ3) is 4.30. The van der Waals surface area contributed by atoms with Crippen molar-refractivity contribution < 1.29 is 4.79 Å². The molecule has 0 aliphatic carbocycles. The Hall–Kier alpha value is -1.00. The van der Waals surface area contributed by atoms with Crippen molar-refractivity contribution in [1.29, 1.82) is 0 Å². The van der Waals surface area contributed by atoms with E-state index >= 15 is 0 Å². The number of aryl methyl sites for hydroxylation is 2. The van der Waals surface area contributed by atoms with Gasteiger partial charge >= 0.3 is 0 Å². The number of hydrogen-bond acceptors (Lipinski definition) is 3. The molecule has 23 heavy (non-hydrogen) atoms. The minimum Gasteiger partial charge on any atom is -0.343 e. The Morgan fingerprint density at radius 3 is 2.52 bits per heavy atom. The molecule has 2 heterocycles. The van der Waals surface area contributed by atoms with E-state index in [-0.39, 0.29) is 0 Å². The lowest BCUT2D eigenvalue weighted by atomic mass is 9.92. The van der Waals surface area contributed by atoms with Crippen LogP contribution in [0.4, 0.5) is 0 Å². The van der Waals surface area contributed by atoms with Crippen LogP contribution in [-0.2, 0) is 4.79 Å². The second-order valence-corrected chi connectivity index (χ2v) is 8.15. The zero-order valence-electron chi connectivity index (χ0n) is 14.3. The molecule has 1 aromatic rings. The van der Waals surface area contributed by atoms with E-state index in [9.17, 15) is 4.79 Å². The lowest BCUT2D eigenvalue weighted by Gasteiger charge is -2.21. The molecule has 0 saturated carbocycles. The van der Waals surface area contributed by atoms with Gasteiger partial charge in [0.15, 0.2) is 0 Å².